The predicted octanol–water partition coefficient (Wildman–Crippen LogP) is 3.60. The standard InChI is InChI=1S/C16H11F6N3O2/c17-15(18,19)9-2-3-11(25-14(27)6-13(23)26)10(5-9)8-1-4-12(24-7-8)16(20,21)22/h1-5,7H,6H2,(H2,23,26)(H,25,27). The minimum absolute atomic E-state index is 0.0940. The maximum absolute atomic E-state index is 13.0. The molecule has 11 heteroatoms. The molecule has 2 rings (SSSR count). The van der Waals surface area contributed by atoms with Gasteiger partial charge in [-0.25, -0.2) is 0 Å². The molecule has 0 bridgehead atoms. The summed E-state index contributed by atoms with van der Waals surface area (Å²) in [7, 11) is 0. The van der Waals surface area contributed by atoms with Gasteiger partial charge in [0.1, 0.15) is 12.1 Å². The molecule has 0 aliphatic carbocycles. The number of nitrogens with zero attached hydrogens (tertiary/aromatic N) is 1. The highest BCUT2D eigenvalue weighted by Gasteiger charge is 2.33. The van der Waals surface area contributed by atoms with E-state index in [9.17, 15) is 35.9 Å². The maximum Gasteiger partial charge on any atom is 0.433 e. The van der Waals surface area contributed by atoms with Crippen molar-refractivity contribution < 1.29 is 35.9 Å². The summed E-state index contributed by atoms with van der Waals surface area (Å²) >= 11 is 0. The van der Waals surface area contributed by atoms with Crippen molar-refractivity contribution >= 4 is 17.5 Å². The fourth-order valence-corrected chi connectivity index (χ4v) is 2.14. The molecule has 2 aromatic rings. The van der Waals surface area contributed by atoms with Crippen LogP contribution in [0.4, 0.5) is 32.0 Å². The van der Waals surface area contributed by atoms with E-state index in [0.717, 1.165) is 18.3 Å². The van der Waals surface area contributed by atoms with Gasteiger partial charge in [-0.2, -0.15) is 26.3 Å². The minimum atomic E-state index is -4.72. The number of nitrogens with one attached hydrogen (secondary N) is 1. The SMILES string of the molecule is NC(=O)CC(=O)Nc1ccc(C(F)(F)F)cc1-c1ccc(C(F)(F)F)nc1. The molecule has 27 heavy (non-hydrogen) atoms. The van der Waals surface area contributed by atoms with E-state index in [-0.39, 0.29) is 16.8 Å². The number of carbonyl (C=O) groups is 2. The summed E-state index contributed by atoms with van der Waals surface area (Å²) < 4.78 is 76.7. The molecule has 0 saturated heterocycles. The molecular weight excluding hydrogens is 380 g/mol. The van der Waals surface area contributed by atoms with Gasteiger partial charge in [0.15, 0.2) is 0 Å². The van der Waals surface area contributed by atoms with E-state index in [4.69, 9.17) is 5.73 Å². The van der Waals surface area contributed by atoms with Gasteiger partial charge in [0.25, 0.3) is 0 Å². The number of hydrogen-bond donors (Lipinski definition) is 2. The van der Waals surface area contributed by atoms with Gasteiger partial charge in [0.05, 0.1) is 5.56 Å². The summed E-state index contributed by atoms with van der Waals surface area (Å²) in [6, 6.07) is 3.79. The Bertz CT molecular complexity index is 860. The van der Waals surface area contributed by atoms with E-state index in [1.165, 1.54) is 0 Å². The Morgan fingerprint density at radius 1 is 1.00 bits per heavy atom. The van der Waals surface area contributed by atoms with E-state index >= 15 is 0 Å². The van der Waals surface area contributed by atoms with Gasteiger partial charge >= 0.3 is 12.4 Å². The second-order valence-electron chi connectivity index (χ2n) is 5.38. The Morgan fingerprint density at radius 3 is 2.15 bits per heavy atom. The number of rotatable bonds is 4. The van der Waals surface area contributed by atoms with Crippen LogP contribution in [0.25, 0.3) is 11.1 Å². The smallest absolute Gasteiger partial charge is 0.369 e. The molecule has 2 amide bonds. The second-order valence-corrected chi connectivity index (χ2v) is 5.38. The van der Waals surface area contributed by atoms with Crippen LogP contribution in [0, 0.1) is 0 Å². The zero-order valence-corrected chi connectivity index (χ0v) is 13.3. The fourth-order valence-electron chi connectivity index (χ4n) is 2.14. The van der Waals surface area contributed by atoms with E-state index in [1.54, 1.807) is 0 Å². The first-order valence-electron chi connectivity index (χ1n) is 7.21. The van der Waals surface area contributed by atoms with Crippen molar-refractivity contribution in [3.8, 4) is 11.1 Å². The van der Waals surface area contributed by atoms with Gasteiger partial charge < -0.3 is 11.1 Å². The van der Waals surface area contributed by atoms with Gasteiger partial charge in [-0.05, 0) is 24.3 Å². The van der Waals surface area contributed by atoms with Gasteiger partial charge in [-0.1, -0.05) is 6.07 Å². The summed E-state index contributed by atoms with van der Waals surface area (Å²) in [4.78, 5) is 25.6. The Labute approximate surface area is 148 Å². The fraction of sp³-hybridized carbons (Fsp3) is 0.188. The number of aromatic nitrogens is 1. The maximum atomic E-state index is 13.0. The molecule has 0 radical (unpaired) electrons. The molecule has 144 valence electrons. The van der Waals surface area contributed by atoms with Crippen LogP contribution in [0.3, 0.4) is 0 Å². The first-order valence-corrected chi connectivity index (χ1v) is 7.21. The highest BCUT2D eigenvalue weighted by atomic mass is 19.4. The third kappa shape index (κ3) is 5.19. The molecule has 1 aromatic carbocycles. The normalized spacial score (nSPS) is 11.9. The first kappa shape index (κ1) is 20.2. The van der Waals surface area contributed by atoms with Crippen LogP contribution in [-0.4, -0.2) is 16.8 Å². The monoisotopic (exact) mass is 391 g/mol. The Morgan fingerprint density at radius 2 is 1.67 bits per heavy atom. The van der Waals surface area contributed by atoms with Crippen LogP contribution in [-0.2, 0) is 21.9 Å². The lowest BCUT2D eigenvalue weighted by molar-refractivity contribution is -0.141. The average Bonchev–Trinajstić information content (AvgIpc) is 2.52. The number of anilines is 1. The molecule has 1 aromatic heterocycles. The Hall–Kier alpha value is -3.11. The molecule has 1 heterocycles. The predicted molar refractivity (Wildman–Crippen MR) is 82.1 cm³/mol. The number of pyridine rings is 1. The molecular formula is C16H11F6N3O2. The lowest BCUT2D eigenvalue weighted by Gasteiger charge is -2.15. The molecule has 0 fully saturated rings. The third-order valence-corrected chi connectivity index (χ3v) is 3.32. The van der Waals surface area contributed by atoms with Crippen LogP contribution in [0.2, 0.25) is 0 Å². The van der Waals surface area contributed by atoms with Crippen molar-refractivity contribution in [2.24, 2.45) is 5.73 Å². The molecule has 0 aliphatic rings. The van der Waals surface area contributed by atoms with Gasteiger partial charge in [0.2, 0.25) is 11.8 Å². The van der Waals surface area contributed by atoms with Gasteiger partial charge in [-0.15, -0.1) is 0 Å². The second kappa shape index (κ2) is 7.25. The average molecular weight is 391 g/mol. The van der Waals surface area contributed by atoms with Gasteiger partial charge in [0, 0.05) is 23.0 Å². The van der Waals surface area contributed by atoms with E-state index in [1.807, 2.05) is 0 Å². The minimum Gasteiger partial charge on any atom is -0.369 e. The molecule has 0 unspecified atom stereocenters. The molecule has 0 aliphatic heterocycles. The van der Waals surface area contributed by atoms with Crippen molar-refractivity contribution in [2.75, 3.05) is 5.32 Å². The van der Waals surface area contributed by atoms with Crippen molar-refractivity contribution in [2.45, 2.75) is 18.8 Å². The number of benzene rings is 1. The van der Waals surface area contributed by atoms with E-state index in [2.05, 4.69) is 10.3 Å². The Kier molecular flexibility index (Phi) is 5.43. The number of halogens is 6. The van der Waals surface area contributed by atoms with Crippen molar-refractivity contribution in [3.63, 3.8) is 0 Å². The van der Waals surface area contributed by atoms with Crippen LogP contribution in [0.1, 0.15) is 17.7 Å². The van der Waals surface area contributed by atoms with E-state index in [0.29, 0.717) is 18.2 Å². The number of carbonyl (C=O) groups excluding carboxylic acids is 2. The van der Waals surface area contributed by atoms with Crippen molar-refractivity contribution in [1.29, 1.82) is 0 Å². The number of primary amides is 1. The molecule has 5 nitrogen and oxygen atoms in total. The lowest BCUT2D eigenvalue weighted by atomic mass is 10.0. The summed E-state index contributed by atoms with van der Waals surface area (Å²) in [6.45, 7) is 0. The Balaban J connectivity index is 2.49. The van der Waals surface area contributed by atoms with Crippen LogP contribution >= 0.6 is 0 Å². The topological polar surface area (TPSA) is 85.1 Å². The highest BCUT2D eigenvalue weighted by molar-refractivity contribution is 6.04. The van der Waals surface area contributed by atoms with Crippen LogP contribution in [0.5, 0.6) is 0 Å². The lowest BCUT2D eigenvalue weighted by Crippen LogP contribution is -2.22. The summed E-state index contributed by atoms with van der Waals surface area (Å²) in [5.74, 6) is -1.85. The zero-order valence-electron chi connectivity index (χ0n) is 13.3. The van der Waals surface area contributed by atoms with Crippen molar-refractivity contribution in [3.05, 3.63) is 47.8 Å². The number of alkyl halides is 6. The molecule has 3 N–H and O–H groups in total. The van der Waals surface area contributed by atoms with Crippen LogP contribution in [0.15, 0.2) is 36.5 Å². The third-order valence-electron chi connectivity index (χ3n) is 3.32. The molecule has 0 saturated carbocycles. The molecule has 0 spiro atoms. The highest BCUT2D eigenvalue weighted by Crippen LogP contribution is 2.37. The number of amides is 2. The summed E-state index contributed by atoms with van der Waals surface area (Å²) in [5, 5.41) is 2.21. The summed E-state index contributed by atoms with van der Waals surface area (Å²) in [6.07, 6.45) is -9.41. The zero-order chi connectivity index (χ0) is 20.4. The van der Waals surface area contributed by atoms with Gasteiger partial charge in [-0.3, -0.25) is 14.6 Å². The number of nitrogens with two attached hydrogens (primary N) is 1. The molecule has 0 atom stereocenters. The largest absolute Gasteiger partial charge is 0.433 e. The van der Waals surface area contributed by atoms with E-state index < -0.39 is 41.8 Å². The quantitative estimate of drug-likeness (QED) is 0.617. The van der Waals surface area contributed by atoms with Crippen LogP contribution < -0.4 is 11.1 Å². The first-order chi connectivity index (χ1) is 12.4. The number of hydrogen-bond acceptors (Lipinski definition) is 3. The summed E-state index contributed by atoms with van der Waals surface area (Å²) in [5.41, 5.74) is 2.11. The van der Waals surface area contributed by atoms with Crippen molar-refractivity contribution in [1.82, 2.24) is 4.98 Å².